The molecule has 0 N–H and O–H groups in total. The van der Waals surface area contributed by atoms with Crippen LogP contribution >= 0.6 is 0 Å². The second-order valence-electron chi connectivity index (χ2n) is 11.0. The first kappa shape index (κ1) is 32.7. The van der Waals surface area contributed by atoms with Gasteiger partial charge in [-0.25, -0.2) is 14.4 Å². The molecule has 2 aromatic carbocycles. The van der Waals surface area contributed by atoms with Crippen LogP contribution in [0.15, 0.2) is 54.6 Å². The monoisotopic (exact) mass is 565 g/mol. The van der Waals surface area contributed by atoms with Gasteiger partial charge in [-0.1, -0.05) is 56.3 Å². The summed E-state index contributed by atoms with van der Waals surface area (Å²) >= 11 is 0. The number of benzene rings is 2. The van der Waals surface area contributed by atoms with Gasteiger partial charge in [0.2, 0.25) is 0 Å². The molecule has 0 saturated carbocycles. The summed E-state index contributed by atoms with van der Waals surface area (Å²) in [5.74, 6) is -1.61. The lowest BCUT2D eigenvalue weighted by Gasteiger charge is -2.31. The van der Waals surface area contributed by atoms with Crippen molar-refractivity contribution in [2.45, 2.75) is 84.4 Å². The molecular formula is C30H38F3NO6. The minimum atomic E-state index is -4.47. The number of carbonyl (C=O) groups is 3. The maximum Gasteiger partial charge on any atom is 0.416 e. The number of halogens is 3. The van der Waals surface area contributed by atoms with Gasteiger partial charge in [0.1, 0.15) is 18.2 Å². The van der Waals surface area contributed by atoms with Crippen LogP contribution in [0.4, 0.5) is 18.0 Å². The van der Waals surface area contributed by atoms with Gasteiger partial charge >= 0.3 is 24.2 Å². The predicted molar refractivity (Wildman–Crippen MR) is 143 cm³/mol. The smallest absolute Gasteiger partial charge is 0.416 e. The fraction of sp³-hybridized carbons (Fsp3) is 0.500. The van der Waals surface area contributed by atoms with E-state index in [4.69, 9.17) is 14.2 Å². The molecule has 2 atom stereocenters. The molecule has 0 saturated heterocycles. The standard InChI is InChI=1S/C30H38F3NO6/c1-20(2)18-24(34(6)28(37)40-29(3,4)5)26(35)39-25(27(36)38-19-22-10-8-7-9-11-22)17-14-21-12-15-23(16-13-21)30(31,32)33/h7-13,15-16,20,24-25H,14,17-19H2,1-6H3/t24-,25+/m0/s1. The number of carbonyl (C=O) groups excluding carboxylic acids is 3. The fourth-order valence-corrected chi connectivity index (χ4v) is 3.74. The Balaban J connectivity index is 2.22. The third-order valence-electron chi connectivity index (χ3n) is 5.84. The summed E-state index contributed by atoms with van der Waals surface area (Å²) in [7, 11) is 1.42. The largest absolute Gasteiger partial charge is 0.458 e. The molecule has 0 fully saturated rings. The van der Waals surface area contributed by atoms with E-state index in [2.05, 4.69) is 0 Å². The minimum absolute atomic E-state index is 0.00179. The van der Waals surface area contributed by atoms with Crippen molar-refractivity contribution >= 4 is 18.0 Å². The SMILES string of the molecule is CC(C)C[C@@H](C(=O)O[C@H](CCc1ccc(C(F)(F)F)cc1)C(=O)OCc1ccccc1)N(C)C(=O)OC(C)(C)C. The van der Waals surface area contributed by atoms with Gasteiger partial charge in [0.05, 0.1) is 5.56 Å². The molecular weight excluding hydrogens is 527 g/mol. The first-order chi connectivity index (χ1) is 18.6. The normalized spacial score (nSPS) is 13.3. The molecule has 0 aromatic heterocycles. The topological polar surface area (TPSA) is 82.1 Å². The number of amides is 1. The summed E-state index contributed by atoms with van der Waals surface area (Å²) in [6.07, 6.45) is -6.17. The number of likely N-dealkylation sites (N-methyl/N-ethyl adjacent to an activating group) is 1. The van der Waals surface area contributed by atoms with Crippen LogP contribution in [0.3, 0.4) is 0 Å². The number of esters is 2. The second kappa shape index (κ2) is 14.2. The van der Waals surface area contributed by atoms with Crippen LogP contribution in [-0.4, -0.2) is 47.7 Å². The van der Waals surface area contributed by atoms with Crippen molar-refractivity contribution in [3.05, 3.63) is 71.3 Å². The summed E-state index contributed by atoms with van der Waals surface area (Å²) < 4.78 is 55.2. The Kier molecular flexibility index (Phi) is 11.6. The predicted octanol–water partition coefficient (Wildman–Crippen LogP) is 6.57. The van der Waals surface area contributed by atoms with E-state index in [-0.39, 0.29) is 31.8 Å². The van der Waals surface area contributed by atoms with Crippen LogP contribution in [0.25, 0.3) is 0 Å². The van der Waals surface area contributed by atoms with E-state index < -0.39 is 47.5 Å². The van der Waals surface area contributed by atoms with Gasteiger partial charge in [-0.15, -0.1) is 0 Å². The number of hydrogen-bond acceptors (Lipinski definition) is 6. The lowest BCUT2D eigenvalue weighted by atomic mass is 10.0. The van der Waals surface area contributed by atoms with Crippen molar-refractivity contribution in [3.8, 4) is 0 Å². The number of rotatable bonds is 11. The second-order valence-corrected chi connectivity index (χ2v) is 11.0. The number of ether oxygens (including phenoxy) is 3. The van der Waals surface area contributed by atoms with Gasteiger partial charge in [0.15, 0.2) is 6.10 Å². The van der Waals surface area contributed by atoms with E-state index in [0.717, 1.165) is 22.6 Å². The molecule has 0 bridgehead atoms. The number of nitrogens with zero attached hydrogens (tertiary/aromatic N) is 1. The van der Waals surface area contributed by atoms with Crippen LogP contribution < -0.4 is 0 Å². The molecule has 0 aliphatic heterocycles. The molecule has 7 nitrogen and oxygen atoms in total. The van der Waals surface area contributed by atoms with Crippen molar-refractivity contribution < 1.29 is 41.8 Å². The molecule has 0 aliphatic carbocycles. The molecule has 0 spiro atoms. The molecule has 0 unspecified atom stereocenters. The van der Waals surface area contributed by atoms with E-state index in [1.54, 1.807) is 45.0 Å². The van der Waals surface area contributed by atoms with E-state index in [1.807, 2.05) is 19.9 Å². The van der Waals surface area contributed by atoms with E-state index in [9.17, 15) is 27.6 Å². The molecule has 0 heterocycles. The van der Waals surface area contributed by atoms with Gasteiger partial charge in [-0.2, -0.15) is 13.2 Å². The lowest BCUT2D eigenvalue weighted by Crippen LogP contribution is -2.47. The van der Waals surface area contributed by atoms with Crippen molar-refractivity contribution in [1.82, 2.24) is 4.90 Å². The Bertz CT molecular complexity index is 1110. The van der Waals surface area contributed by atoms with Crippen molar-refractivity contribution in [2.24, 2.45) is 5.92 Å². The Morgan fingerprint density at radius 2 is 1.48 bits per heavy atom. The molecule has 1 amide bonds. The summed E-state index contributed by atoms with van der Waals surface area (Å²) in [5, 5.41) is 0. The zero-order chi connectivity index (χ0) is 30.1. The van der Waals surface area contributed by atoms with Crippen molar-refractivity contribution in [3.63, 3.8) is 0 Å². The van der Waals surface area contributed by atoms with Crippen LogP contribution in [0.1, 0.15) is 64.2 Å². The number of alkyl halides is 3. The number of hydrogen-bond donors (Lipinski definition) is 0. The van der Waals surface area contributed by atoms with Crippen LogP contribution in [0.2, 0.25) is 0 Å². The first-order valence-corrected chi connectivity index (χ1v) is 13.1. The Morgan fingerprint density at radius 1 is 0.875 bits per heavy atom. The number of aryl methyl sites for hydroxylation is 1. The highest BCUT2D eigenvalue weighted by Gasteiger charge is 2.35. The van der Waals surface area contributed by atoms with Crippen molar-refractivity contribution in [2.75, 3.05) is 7.05 Å². The molecule has 40 heavy (non-hydrogen) atoms. The molecule has 2 aromatic rings. The third-order valence-corrected chi connectivity index (χ3v) is 5.84. The lowest BCUT2D eigenvalue weighted by molar-refractivity contribution is -0.172. The summed E-state index contributed by atoms with van der Waals surface area (Å²) in [4.78, 5) is 40.2. The van der Waals surface area contributed by atoms with E-state index in [0.29, 0.717) is 5.56 Å². The van der Waals surface area contributed by atoms with Crippen LogP contribution in [0, 0.1) is 5.92 Å². The van der Waals surface area contributed by atoms with Crippen molar-refractivity contribution in [1.29, 1.82) is 0 Å². The average molecular weight is 566 g/mol. The zero-order valence-electron chi connectivity index (χ0n) is 23.8. The average Bonchev–Trinajstić information content (AvgIpc) is 2.87. The minimum Gasteiger partial charge on any atom is -0.458 e. The molecule has 0 radical (unpaired) electrons. The molecule has 2 rings (SSSR count). The van der Waals surface area contributed by atoms with Gasteiger partial charge < -0.3 is 14.2 Å². The Hall–Kier alpha value is -3.56. The fourth-order valence-electron chi connectivity index (χ4n) is 3.74. The highest BCUT2D eigenvalue weighted by molar-refractivity contribution is 5.84. The van der Waals surface area contributed by atoms with Crippen LogP contribution in [0.5, 0.6) is 0 Å². The molecule has 10 heteroatoms. The first-order valence-electron chi connectivity index (χ1n) is 13.1. The third kappa shape index (κ3) is 10.9. The summed E-state index contributed by atoms with van der Waals surface area (Å²) in [6, 6.07) is 12.4. The summed E-state index contributed by atoms with van der Waals surface area (Å²) in [6.45, 7) is 8.80. The van der Waals surface area contributed by atoms with Gasteiger partial charge in [-0.05, 0) is 69.2 Å². The highest BCUT2D eigenvalue weighted by Crippen LogP contribution is 2.29. The van der Waals surface area contributed by atoms with E-state index >= 15 is 0 Å². The maximum absolute atomic E-state index is 13.3. The molecule has 0 aliphatic rings. The highest BCUT2D eigenvalue weighted by atomic mass is 19.4. The van der Waals surface area contributed by atoms with Gasteiger partial charge in [0.25, 0.3) is 0 Å². The quantitative estimate of drug-likeness (QED) is 0.226. The van der Waals surface area contributed by atoms with E-state index in [1.165, 1.54) is 19.2 Å². The summed E-state index contributed by atoms with van der Waals surface area (Å²) in [5.41, 5.74) is -0.327. The van der Waals surface area contributed by atoms with Crippen LogP contribution in [-0.2, 0) is 43.0 Å². The zero-order valence-corrected chi connectivity index (χ0v) is 23.8. The van der Waals surface area contributed by atoms with Gasteiger partial charge in [0, 0.05) is 7.05 Å². The molecule has 220 valence electrons. The van der Waals surface area contributed by atoms with Gasteiger partial charge in [-0.3, -0.25) is 4.90 Å². The Labute approximate surface area is 233 Å². The Morgan fingerprint density at radius 3 is 2.00 bits per heavy atom. The maximum atomic E-state index is 13.3.